The zero-order valence-corrected chi connectivity index (χ0v) is 14.4. The third-order valence-electron chi connectivity index (χ3n) is 4.12. The first-order chi connectivity index (χ1) is 12.0. The number of ether oxygens (including phenoxy) is 1. The number of nitrogens with zero attached hydrogens (tertiary/aromatic N) is 3. The molecule has 2 aromatic rings. The van der Waals surface area contributed by atoms with Gasteiger partial charge in [0.2, 0.25) is 0 Å². The van der Waals surface area contributed by atoms with Crippen molar-refractivity contribution in [1.82, 2.24) is 14.8 Å². The van der Waals surface area contributed by atoms with Crippen LogP contribution in [-0.2, 0) is 11.5 Å². The topological polar surface area (TPSA) is 78.0 Å². The molecule has 0 bridgehead atoms. The number of hydrogen-bond donors (Lipinski definition) is 2. The van der Waals surface area contributed by atoms with Gasteiger partial charge in [-0.15, -0.1) is 0 Å². The molecule has 0 radical (unpaired) electrons. The van der Waals surface area contributed by atoms with Crippen LogP contribution in [0.15, 0.2) is 48.1 Å². The van der Waals surface area contributed by atoms with Gasteiger partial charge in [-0.25, -0.2) is 14.1 Å². The van der Waals surface area contributed by atoms with Gasteiger partial charge >= 0.3 is 0 Å². The molecule has 0 aromatic carbocycles. The molecule has 6 nitrogen and oxygen atoms in total. The molecule has 1 aliphatic carbocycles. The third kappa shape index (κ3) is 4.24. The van der Waals surface area contributed by atoms with Crippen molar-refractivity contribution in [3.63, 3.8) is 0 Å². The first kappa shape index (κ1) is 17.2. The minimum Gasteiger partial charge on any atom is -0.384 e. The molecule has 2 aromatic heterocycles. The summed E-state index contributed by atoms with van der Waals surface area (Å²) in [6.45, 7) is 2.42. The van der Waals surface area contributed by atoms with Crippen LogP contribution in [0.1, 0.15) is 19.8 Å². The highest BCUT2D eigenvalue weighted by Gasteiger charge is 2.14. The maximum Gasteiger partial charge on any atom is 0.138 e. The summed E-state index contributed by atoms with van der Waals surface area (Å²) < 4.78 is 19.9. The van der Waals surface area contributed by atoms with Gasteiger partial charge in [0.05, 0.1) is 6.20 Å². The number of halogens is 1. The van der Waals surface area contributed by atoms with Crippen LogP contribution in [0.4, 0.5) is 16.0 Å². The molecule has 0 fully saturated rings. The summed E-state index contributed by atoms with van der Waals surface area (Å²) in [5, 5.41) is 7.59. The standard InChI is InChI=1S/C18H22FN5O/c1-12(13-3-5-16(19)6-4-13)22-18-8-14(7-17(20)23-18)15-9-21-24(10-15)11-25-2/h3,5,7-10,12H,4,6,11H2,1-2H3,(H3,20,22,23)/t12-/m0/s1. The van der Waals surface area contributed by atoms with E-state index in [1.54, 1.807) is 18.0 Å². The second-order valence-corrected chi connectivity index (χ2v) is 6.07. The molecular formula is C18H22FN5O. The Hall–Kier alpha value is -2.67. The highest BCUT2D eigenvalue weighted by Crippen LogP contribution is 2.26. The van der Waals surface area contributed by atoms with Crippen molar-refractivity contribution in [2.45, 2.75) is 32.5 Å². The number of pyridine rings is 1. The Morgan fingerprint density at radius 3 is 2.88 bits per heavy atom. The molecule has 0 saturated heterocycles. The van der Waals surface area contributed by atoms with Crippen LogP contribution in [0.5, 0.6) is 0 Å². The second-order valence-electron chi connectivity index (χ2n) is 6.07. The molecule has 3 rings (SSSR count). The van der Waals surface area contributed by atoms with Crippen molar-refractivity contribution in [3.8, 4) is 11.1 Å². The summed E-state index contributed by atoms with van der Waals surface area (Å²) in [5.74, 6) is 1.03. The molecular weight excluding hydrogens is 321 g/mol. The SMILES string of the molecule is COCn1cc(-c2cc(N)nc(N[C@@H](C)C3=CC=C(F)CC3)c2)cn1. The molecule has 25 heavy (non-hydrogen) atoms. The van der Waals surface area contributed by atoms with E-state index in [2.05, 4.69) is 15.4 Å². The van der Waals surface area contributed by atoms with Gasteiger partial charge in [-0.1, -0.05) is 6.08 Å². The summed E-state index contributed by atoms with van der Waals surface area (Å²) in [4.78, 5) is 4.35. The van der Waals surface area contributed by atoms with E-state index < -0.39 is 0 Å². The van der Waals surface area contributed by atoms with Crippen molar-refractivity contribution in [2.75, 3.05) is 18.2 Å². The molecule has 132 valence electrons. The Morgan fingerprint density at radius 1 is 1.32 bits per heavy atom. The van der Waals surface area contributed by atoms with Gasteiger partial charge in [0.1, 0.15) is 24.2 Å². The Bertz CT molecular complexity index is 812. The highest BCUT2D eigenvalue weighted by molar-refractivity contribution is 5.68. The maximum absolute atomic E-state index is 13.1. The smallest absolute Gasteiger partial charge is 0.138 e. The molecule has 1 atom stereocenters. The number of aromatic nitrogens is 3. The Labute approximate surface area is 146 Å². The van der Waals surface area contributed by atoms with Gasteiger partial charge in [0.25, 0.3) is 0 Å². The summed E-state index contributed by atoms with van der Waals surface area (Å²) >= 11 is 0. The van der Waals surface area contributed by atoms with Gasteiger partial charge in [0, 0.05) is 31.3 Å². The van der Waals surface area contributed by atoms with E-state index in [1.807, 2.05) is 31.3 Å². The molecule has 0 aliphatic heterocycles. The normalized spacial score (nSPS) is 15.5. The lowest BCUT2D eigenvalue weighted by Crippen LogP contribution is -2.20. The number of anilines is 2. The van der Waals surface area contributed by atoms with Crippen LogP contribution in [-0.4, -0.2) is 27.9 Å². The first-order valence-electron chi connectivity index (χ1n) is 8.16. The summed E-state index contributed by atoms with van der Waals surface area (Å²) in [6, 6.07) is 3.78. The van der Waals surface area contributed by atoms with Gasteiger partial charge in [-0.3, -0.25) is 0 Å². The molecule has 7 heteroatoms. The van der Waals surface area contributed by atoms with E-state index in [0.29, 0.717) is 31.2 Å². The minimum atomic E-state index is -0.0756. The van der Waals surface area contributed by atoms with E-state index in [1.165, 1.54) is 6.08 Å². The molecule has 0 amide bonds. The lowest BCUT2D eigenvalue weighted by molar-refractivity contribution is 0.120. The number of allylic oxidation sites excluding steroid dienone is 3. The Balaban J connectivity index is 1.79. The number of hydrogen-bond acceptors (Lipinski definition) is 5. The fourth-order valence-corrected chi connectivity index (χ4v) is 2.81. The summed E-state index contributed by atoms with van der Waals surface area (Å²) in [5.41, 5.74) is 8.96. The highest BCUT2D eigenvalue weighted by atomic mass is 19.1. The molecule has 2 heterocycles. The van der Waals surface area contributed by atoms with E-state index in [4.69, 9.17) is 10.5 Å². The fourth-order valence-electron chi connectivity index (χ4n) is 2.81. The van der Waals surface area contributed by atoms with Crippen molar-refractivity contribution >= 4 is 11.6 Å². The second kappa shape index (κ2) is 7.48. The van der Waals surface area contributed by atoms with Crippen molar-refractivity contribution < 1.29 is 9.13 Å². The van der Waals surface area contributed by atoms with E-state index in [9.17, 15) is 4.39 Å². The molecule has 0 unspecified atom stereocenters. The quantitative estimate of drug-likeness (QED) is 0.839. The van der Waals surface area contributed by atoms with Crippen LogP contribution in [0, 0.1) is 0 Å². The number of nitrogens with one attached hydrogen (secondary N) is 1. The lowest BCUT2D eigenvalue weighted by Gasteiger charge is -2.20. The predicted molar refractivity (Wildman–Crippen MR) is 96.5 cm³/mol. The number of methoxy groups -OCH3 is 1. The molecule has 0 spiro atoms. The molecule has 3 N–H and O–H groups in total. The van der Waals surface area contributed by atoms with Crippen LogP contribution in [0.25, 0.3) is 11.1 Å². The number of nitrogens with two attached hydrogens (primary N) is 1. The first-order valence-corrected chi connectivity index (χ1v) is 8.16. The average molecular weight is 343 g/mol. The van der Waals surface area contributed by atoms with Crippen LogP contribution >= 0.6 is 0 Å². The molecule has 0 saturated carbocycles. The van der Waals surface area contributed by atoms with E-state index in [-0.39, 0.29) is 11.9 Å². The summed E-state index contributed by atoms with van der Waals surface area (Å²) in [7, 11) is 1.62. The van der Waals surface area contributed by atoms with Gasteiger partial charge in [0.15, 0.2) is 0 Å². The third-order valence-corrected chi connectivity index (χ3v) is 4.12. The van der Waals surface area contributed by atoms with Crippen molar-refractivity contribution in [1.29, 1.82) is 0 Å². The predicted octanol–water partition coefficient (Wildman–Crippen LogP) is 3.51. The largest absolute Gasteiger partial charge is 0.384 e. The fraction of sp³-hybridized carbons (Fsp3) is 0.333. The Kier molecular flexibility index (Phi) is 5.14. The summed E-state index contributed by atoms with van der Waals surface area (Å²) in [6.07, 6.45) is 8.17. The van der Waals surface area contributed by atoms with E-state index in [0.717, 1.165) is 16.7 Å². The van der Waals surface area contributed by atoms with Gasteiger partial charge in [-0.05, 0) is 42.7 Å². The van der Waals surface area contributed by atoms with Gasteiger partial charge in [-0.2, -0.15) is 5.10 Å². The minimum absolute atomic E-state index is 0.0442. The maximum atomic E-state index is 13.1. The monoisotopic (exact) mass is 343 g/mol. The van der Waals surface area contributed by atoms with E-state index >= 15 is 0 Å². The van der Waals surface area contributed by atoms with Crippen LogP contribution in [0.3, 0.4) is 0 Å². The molecule has 1 aliphatic rings. The lowest BCUT2D eigenvalue weighted by atomic mass is 9.98. The Morgan fingerprint density at radius 2 is 2.16 bits per heavy atom. The van der Waals surface area contributed by atoms with Crippen LogP contribution in [0.2, 0.25) is 0 Å². The van der Waals surface area contributed by atoms with Crippen molar-refractivity contribution in [2.24, 2.45) is 0 Å². The van der Waals surface area contributed by atoms with Crippen LogP contribution < -0.4 is 11.1 Å². The number of nitrogen functional groups attached to an aromatic ring is 1. The zero-order valence-electron chi connectivity index (χ0n) is 14.4. The number of rotatable bonds is 6. The van der Waals surface area contributed by atoms with Gasteiger partial charge < -0.3 is 15.8 Å². The van der Waals surface area contributed by atoms with Crippen molar-refractivity contribution in [3.05, 3.63) is 48.1 Å². The average Bonchev–Trinajstić information content (AvgIpc) is 3.04. The zero-order chi connectivity index (χ0) is 17.8.